The molecule has 1 heterocycles. The Morgan fingerprint density at radius 1 is 1.39 bits per heavy atom. The minimum Gasteiger partial charge on any atom is -0.396 e. The van der Waals surface area contributed by atoms with Crippen LogP contribution in [0.2, 0.25) is 0 Å². The highest BCUT2D eigenvalue weighted by Gasteiger charge is 2.25. The summed E-state index contributed by atoms with van der Waals surface area (Å²) in [4.78, 5) is 15.0. The van der Waals surface area contributed by atoms with Crippen LogP contribution in [0.4, 0.5) is 0 Å². The Kier molecular flexibility index (Phi) is 4.81. The van der Waals surface area contributed by atoms with Crippen molar-refractivity contribution in [1.29, 1.82) is 0 Å². The molecular weight excluding hydrogens is 228 g/mol. The monoisotopic (exact) mass is 250 g/mol. The second-order valence-electron chi connectivity index (χ2n) is 5.17. The lowest BCUT2D eigenvalue weighted by molar-refractivity contribution is -0.126. The number of amides is 1. The Morgan fingerprint density at radius 2 is 2.17 bits per heavy atom. The average Bonchev–Trinajstić information content (AvgIpc) is 2.90. The number of H-pyrrole nitrogens is 1. The molecule has 18 heavy (non-hydrogen) atoms. The molecule has 100 valence electrons. The third-order valence-corrected chi connectivity index (χ3v) is 3.88. The summed E-state index contributed by atoms with van der Waals surface area (Å²) in [7, 11) is 0. The fourth-order valence-electron chi connectivity index (χ4n) is 2.70. The van der Waals surface area contributed by atoms with Gasteiger partial charge in [-0.15, -0.1) is 0 Å². The van der Waals surface area contributed by atoms with E-state index in [9.17, 15) is 4.79 Å². The van der Waals surface area contributed by atoms with E-state index in [0.29, 0.717) is 12.5 Å². The molecule has 2 rings (SSSR count). The third-order valence-electron chi connectivity index (χ3n) is 3.88. The van der Waals surface area contributed by atoms with Crippen molar-refractivity contribution in [3.8, 4) is 0 Å². The maximum absolute atomic E-state index is 12.0. The molecule has 0 spiro atoms. The molecule has 1 saturated carbocycles. The normalized spacial score (nSPS) is 23.8. The molecule has 0 aliphatic heterocycles. The first-order chi connectivity index (χ1) is 8.79. The van der Waals surface area contributed by atoms with Gasteiger partial charge in [-0.2, -0.15) is 0 Å². The number of rotatable bonds is 5. The molecule has 1 aromatic heterocycles. The Morgan fingerprint density at radius 3 is 2.78 bits per heavy atom. The van der Waals surface area contributed by atoms with Crippen molar-refractivity contribution in [2.24, 2.45) is 11.8 Å². The molecule has 3 N–H and O–H groups in total. The van der Waals surface area contributed by atoms with E-state index in [2.05, 4.69) is 10.3 Å². The SMILES string of the molecule is O=C(NCc1cc[nH]c1)C1CCC(CCO)CC1. The fourth-order valence-corrected chi connectivity index (χ4v) is 2.70. The van der Waals surface area contributed by atoms with E-state index in [1.165, 1.54) is 0 Å². The Balaban J connectivity index is 1.70. The molecule has 0 saturated heterocycles. The first-order valence-corrected chi connectivity index (χ1v) is 6.80. The first kappa shape index (κ1) is 13.1. The summed E-state index contributed by atoms with van der Waals surface area (Å²) < 4.78 is 0. The Bertz CT molecular complexity index is 354. The lowest BCUT2D eigenvalue weighted by Gasteiger charge is -2.27. The summed E-state index contributed by atoms with van der Waals surface area (Å²) in [5.41, 5.74) is 1.11. The summed E-state index contributed by atoms with van der Waals surface area (Å²) in [6.45, 7) is 0.883. The van der Waals surface area contributed by atoms with Gasteiger partial charge in [-0.25, -0.2) is 0 Å². The van der Waals surface area contributed by atoms with E-state index >= 15 is 0 Å². The molecule has 0 aromatic carbocycles. The number of hydrogen-bond donors (Lipinski definition) is 3. The summed E-state index contributed by atoms with van der Waals surface area (Å²) in [5.74, 6) is 0.959. The zero-order valence-electron chi connectivity index (χ0n) is 10.7. The van der Waals surface area contributed by atoms with Crippen LogP contribution in [0.15, 0.2) is 18.5 Å². The maximum atomic E-state index is 12.0. The molecule has 1 aliphatic rings. The molecular formula is C14H22N2O2. The van der Waals surface area contributed by atoms with Crippen LogP contribution in [0, 0.1) is 11.8 Å². The number of aromatic nitrogens is 1. The lowest BCUT2D eigenvalue weighted by atomic mass is 9.80. The number of nitrogens with one attached hydrogen (secondary N) is 2. The van der Waals surface area contributed by atoms with Gasteiger partial charge in [0.1, 0.15) is 0 Å². The van der Waals surface area contributed by atoms with Crippen LogP contribution in [0.3, 0.4) is 0 Å². The molecule has 1 aromatic rings. The molecule has 0 bridgehead atoms. The highest BCUT2D eigenvalue weighted by Crippen LogP contribution is 2.30. The zero-order chi connectivity index (χ0) is 12.8. The van der Waals surface area contributed by atoms with Gasteiger partial charge in [0.15, 0.2) is 0 Å². The van der Waals surface area contributed by atoms with Crippen LogP contribution in [-0.2, 0) is 11.3 Å². The summed E-state index contributed by atoms with van der Waals surface area (Å²) in [6.07, 6.45) is 8.72. The fraction of sp³-hybridized carbons (Fsp3) is 0.643. The Hall–Kier alpha value is -1.29. The van der Waals surface area contributed by atoms with Crippen LogP contribution < -0.4 is 5.32 Å². The quantitative estimate of drug-likeness (QED) is 0.746. The highest BCUT2D eigenvalue weighted by atomic mass is 16.3. The minimum atomic E-state index is 0.166. The lowest BCUT2D eigenvalue weighted by Crippen LogP contribution is -2.32. The highest BCUT2D eigenvalue weighted by molar-refractivity contribution is 5.78. The number of carbonyl (C=O) groups excluding carboxylic acids is 1. The smallest absolute Gasteiger partial charge is 0.223 e. The number of aromatic amines is 1. The van der Waals surface area contributed by atoms with Crippen molar-refractivity contribution < 1.29 is 9.90 Å². The van der Waals surface area contributed by atoms with Crippen molar-refractivity contribution >= 4 is 5.91 Å². The second kappa shape index (κ2) is 6.59. The van der Waals surface area contributed by atoms with Gasteiger partial charge in [-0.3, -0.25) is 4.79 Å². The van der Waals surface area contributed by atoms with Gasteiger partial charge in [-0.05, 0) is 49.7 Å². The van der Waals surface area contributed by atoms with E-state index in [4.69, 9.17) is 5.11 Å². The maximum Gasteiger partial charge on any atom is 0.223 e. The van der Waals surface area contributed by atoms with Crippen molar-refractivity contribution in [3.63, 3.8) is 0 Å². The number of aliphatic hydroxyl groups excluding tert-OH is 1. The van der Waals surface area contributed by atoms with Gasteiger partial charge in [0.25, 0.3) is 0 Å². The van der Waals surface area contributed by atoms with Gasteiger partial charge in [0, 0.05) is 31.5 Å². The molecule has 1 fully saturated rings. The van der Waals surface area contributed by atoms with Crippen LogP contribution in [-0.4, -0.2) is 22.6 Å². The number of hydrogen-bond acceptors (Lipinski definition) is 2. The summed E-state index contributed by atoms with van der Waals surface area (Å²) in [6, 6.07) is 1.97. The van der Waals surface area contributed by atoms with Gasteiger partial charge in [0.2, 0.25) is 5.91 Å². The largest absolute Gasteiger partial charge is 0.396 e. The van der Waals surface area contributed by atoms with Crippen molar-refractivity contribution in [3.05, 3.63) is 24.0 Å². The molecule has 1 amide bonds. The second-order valence-corrected chi connectivity index (χ2v) is 5.17. The Labute approximate surface area is 108 Å². The zero-order valence-corrected chi connectivity index (χ0v) is 10.7. The molecule has 4 nitrogen and oxygen atoms in total. The first-order valence-electron chi connectivity index (χ1n) is 6.80. The number of aliphatic hydroxyl groups is 1. The topological polar surface area (TPSA) is 65.1 Å². The van der Waals surface area contributed by atoms with Crippen LogP contribution in [0.25, 0.3) is 0 Å². The molecule has 4 heteroatoms. The summed E-state index contributed by atoms with van der Waals surface area (Å²) in [5, 5.41) is 11.9. The van der Waals surface area contributed by atoms with Crippen LogP contribution in [0.5, 0.6) is 0 Å². The van der Waals surface area contributed by atoms with E-state index in [1.54, 1.807) is 0 Å². The number of carbonyl (C=O) groups is 1. The predicted octanol–water partition coefficient (Wildman–Crippen LogP) is 1.82. The third kappa shape index (κ3) is 3.60. The van der Waals surface area contributed by atoms with E-state index in [-0.39, 0.29) is 18.4 Å². The van der Waals surface area contributed by atoms with E-state index in [0.717, 1.165) is 37.7 Å². The van der Waals surface area contributed by atoms with Gasteiger partial charge >= 0.3 is 0 Å². The van der Waals surface area contributed by atoms with E-state index < -0.39 is 0 Å². The molecule has 0 atom stereocenters. The standard InChI is InChI=1S/C14H22N2O2/c17-8-6-11-1-3-13(4-2-11)14(18)16-10-12-5-7-15-9-12/h5,7,9,11,13,15,17H,1-4,6,8,10H2,(H,16,18). The predicted molar refractivity (Wildman–Crippen MR) is 69.8 cm³/mol. The van der Waals surface area contributed by atoms with Crippen molar-refractivity contribution in [2.75, 3.05) is 6.61 Å². The van der Waals surface area contributed by atoms with Gasteiger partial charge < -0.3 is 15.4 Å². The van der Waals surface area contributed by atoms with Crippen LogP contribution in [0.1, 0.15) is 37.7 Å². The van der Waals surface area contributed by atoms with Gasteiger partial charge in [0.05, 0.1) is 0 Å². The van der Waals surface area contributed by atoms with Gasteiger partial charge in [-0.1, -0.05) is 0 Å². The molecule has 0 unspecified atom stereocenters. The van der Waals surface area contributed by atoms with Crippen LogP contribution >= 0.6 is 0 Å². The average molecular weight is 250 g/mol. The van der Waals surface area contributed by atoms with Crippen molar-refractivity contribution in [1.82, 2.24) is 10.3 Å². The minimum absolute atomic E-state index is 0.166. The molecule has 1 aliphatic carbocycles. The summed E-state index contributed by atoms with van der Waals surface area (Å²) >= 11 is 0. The molecule has 0 radical (unpaired) electrons. The van der Waals surface area contributed by atoms with E-state index in [1.807, 2.05) is 18.5 Å². The van der Waals surface area contributed by atoms with Crippen molar-refractivity contribution in [2.45, 2.75) is 38.6 Å².